The van der Waals surface area contributed by atoms with Crippen LogP contribution in [0.5, 0.6) is 0 Å². The third-order valence-corrected chi connectivity index (χ3v) is 7.67. The Balaban J connectivity index is 2.62. The first kappa shape index (κ1) is 12.4. The number of hydrogen-bond donors (Lipinski definition) is 0. The molecule has 1 fully saturated rings. The summed E-state index contributed by atoms with van der Waals surface area (Å²) >= 11 is 1.99. The largest absolute Gasteiger partial charge is 0.139 e. The normalized spacial score (nSPS) is 21.3. The summed E-state index contributed by atoms with van der Waals surface area (Å²) in [7, 11) is -1.05. The van der Waals surface area contributed by atoms with E-state index in [2.05, 4.69) is 32.0 Å². The Hall–Kier alpha value is 0.307. The van der Waals surface area contributed by atoms with Crippen LogP contribution in [0.15, 0.2) is 10.6 Å². The average Bonchev–Trinajstić information content (AvgIpc) is 2.14. The van der Waals surface area contributed by atoms with Gasteiger partial charge in [-0.1, -0.05) is 45.0 Å². The topological polar surface area (TPSA) is 0 Å². The molecule has 0 aromatic rings. The Morgan fingerprint density at radius 3 is 2.14 bits per heavy atom. The van der Waals surface area contributed by atoms with Gasteiger partial charge in [-0.2, -0.15) is 0 Å². The standard InChI is InChI=1S/C12H24SSi/c1-13-12(14(2,3)4)10-11-8-6-5-7-9-11/h10-11H,5-9H2,1-4H3/b12-10+. The predicted octanol–water partition coefficient (Wildman–Crippen LogP) is 4.69. The van der Waals surface area contributed by atoms with Crippen LogP contribution in [0.3, 0.4) is 0 Å². The Morgan fingerprint density at radius 2 is 1.71 bits per heavy atom. The molecule has 0 heterocycles. The highest BCUT2D eigenvalue weighted by atomic mass is 32.2. The number of thioether (sulfide) groups is 1. The van der Waals surface area contributed by atoms with Gasteiger partial charge in [0.2, 0.25) is 0 Å². The van der Waals surface area contributed by atoms with Crippen LogP contribution in [0, 0.1) is 5.92 Å². The quantitative estimate of drug-likeness (QED) is 0.631. The van der Waals surface area contributed by atoms with Gasteiger partial charge < -0.3 is 0 Å². The Morgan fingerprint density at radius 1 is 1.14 bits per heavy atom. The minimum absolute atomic E-state index is 0.901. The summed E-state index contributed by atoms with van der Waals surface area (Å²) in [6.45, 7) is 7.37. The fraction of sp³-hybridized carbons (Fsp3) is 0.833. The third-order valence-electron chi connectivity index (χ3n) is 3.00. The molecule has 0 unspecified atom stereocenters. The summed E-state index contributed by atoms with van der Waals surface area (Å²) in [5, 5.41) is 0. The van der Waals surface area contributed by atoms with Gasteiger partial charge in [-0.15, -0.1) is 11.8 Å². The average molecular weight is 228 g/mol. The van der Waals surface area contributed by atoms with Crippen molar-refractivity contribution in [3.05, 3.63) is 10.6 Å². The van der Waals surface area contributed by atoms with Gasteiger partial charge in [0.15, 0.2) is 0 Å². The monoisotopic (exact) mass is 228 g/mol. The maximum atomic E-state index is 2.61. The highest BCUT2D eigenvalue weighted by Crippen LogP contribution is 2.31. The molecule has 0 aliphatic heterocycles. The van der Waals surface area contributed by atoms with Crippen LogP contribution < -0.4 is 0 Å². The summed E-state index contributed by atoms with van der Waals surface area (Å²) in [5.41, 5.74) is 0. The van der Waals surface area contributed by atoms with Crippen molar-refractivity contribution in [2.45, 2.75) is 51.7 Å². The zero-order valence-electron chi connectivity index (χ0n) is 10.1. The number of rotatable bonds is 3. The second-order valence-corrected chi connectivity index (χ2v) is 11.6. The van der Waals surface area contributed by atoms with E-state index in [4.69, 9.17) is 0 Å². The van der Waals surface area contributed by atoms with Crippen molar-refractivity contribution in [1.82, 2.24) is 0 Å². The van der Waals surface area contributed by atoms with Crippen molar-refractivity contribution < 1.29 is 0 Å². The molecule has 1 rings (SSSR count). The molecular weight excluding hydrogens is 204 g/mol. The van der Waals surface area contributed by atoms with Gasteiger partial charge in [0.05, 0.1) is 8.07 Å². The van der Waals surface area contributed by atoms with Gasteiger partial charge in [-0.25, -0.2) is 0 Å². The predicted molar refractivity (Wildman–Crippen MR) is 71.5 cm³/mol. The van der Waals surface area contributed by atoms with E-state index >= 15 is 0 Å². The van der Waals surface area contributed by atoms with Crippen LogP contribution in [0.4, 0.5) is 0 Å². The van der Waals surface area contributed by atoms with Crippen LogP contribution in [0.25, 0.3) is 0 Å². The molecule has 2 heteroatoms. The van der Waals surface area contributed by atoms with Gasteiger partial charge in [-0.05, 0) is 29.5 Å². The van der Waals surface area contributed by atoms with Crippen LogP contribution in [-0.4, -0.2) is 14.3 Å². The van der Waals surface area contributed by atoms with E-state index in [-0.39, 0.29) is 0 Å². The Kier molecular flexibility index (Phi) is 4.78. The lowest BCUT2D eigenvalue weighted by molar-refractivity contribution is 0.419. The summed E-state index contributed by atoms with van der Waals surface area (Å²) < 4.78 is 1.71. The fourth-order valence-corrected chi connectivity index (χ4v) is 5.65. The van der Waals surface area contributed by atoms with E-state index in [0.717, 1.165) is 5.92 Å². The first-order valence-electron chi connectivity index (χ1n) is 5.80. The van der Waals surface area contributed by atoms with Crippen molar-refractivity contribution in [3.63, 3.8) is 0 Å². The minimum Gasteiger partial charge on any atom is -0.139 e. The first-order chi connectivity index (χ1) is 6.54. The van der Waals surface area contributed by atoms with Gasteiger partial charge in [-0.3, -0.25) is 0 Å². The van der Waals surface area contributed by atoms with E-state index in [1.807, 2.05) is 11.8 Å². The minimum atomic E-state index is -1.05. The van der Waals surface area contributed by atoms with E-state index in [9.17, 15) is 0 Å². The van der Waals surface area contributed by atoms with Crippen molar-refractivity contribution in [2.75, 3.05) is 6.26 Å². The molecule has 0 N–H and O–H groups in total. The molecule has 0 nitrogen and oxygen atoms in total. The van der Waals surface area contributed by atoms with Crippen LogP contribution >= 0.6 is 11.8 Å². The molecule has 82 valence electrons. The summed E-state index contributed by atoms with van der Waals surface area (Å²) in [6, 6.07) is 0. The lowest BCUT2D eigenvalue weighted by atomic mass is 9.90. The lowest BCUT2D eigenvalue weighted by Crippen LogP contribution is -2.23. The van der Waals surface area contributed by atoms with Crippen molar-refractivity contribution in [1.29, 1.82) is 0 Å². The molecule has 14 heavy (non-hydrogen) atoms. The van der Waals surface area contributed by atoms with E-state index in [1.54, 1.807) is 4.53 Å². The maximum Gasteiger partial charge on any atom is 0.0853 e. The second kappa shape index (κ2) is 5.41. The van der Waals surface area contributed by atoms with E-state index < -0.39 is 8.07 Å². The zero-order valence-corrected chi connectivity index (χ0v) is 11.9. The molecular formula is C12H24SSi. The number of hydrogen-bond acceptors (Lipinski definition) is 1. The Labute approximate surface area is 94.6 Å². The van der Waals surface area contributed by atoms with E-state index in [0.29, 0.717) is 0 Å². The summed E-state index contributed by atoms with van der Waals surface area (Å²) in [6.07, 6.45) is 12.1. The molecule has 0 saturated heterocycles. The SMILES string of the molecule is CS/C(=C\C1CCCCC1)[Si](C)(C)C. The fourth-order valence-electron chi connectivity index (χ4n) is 2.14. The third kappa shape index (κ3) is 3.82. The lowest BCUT2D eigenvalue weighted by Gasteiger charge is -2.24. The number of allylic oxidation sites excluding steroid dienone is 1. The van der Waals surface area contributed by atoms with Gasteiger partial charge in [0.25, 0.3) is 0 Å². The molecule has 1 saturated carbocycles. The van der Waals surface area contributed by atoms with Crippen LogP contribution in [0.1, 0.15) is 32.1 Å². The second-order valence-electron chi connectivity index (χ2n) is 5.38. The summed E-state index contributed by atoms with van der Waals surface area (Å²) in [4.78, 5) is 0. The van der Waals surface area contributed by atoms with Crippen molar-refractivity contribution in [2.24, 2.45) is 5.92 Å². The molecule has 0 atom stereocenters. The molecule has 1 aliphatic rings. The van der Waals surface area contributed by atoms with Crippen LogP contribution in [-0.2, 0) is 0 Å². The molecule has 0 bridgehead atoms. The molecule has 0 amide bonds. The first-order valence-corrected chi connectivity index (χ1v) is 10.5. The molecule has 0 aromatic heterocycles. The zero-order chi connectivity index (χ0) is 10.6. The van der Waals surface area contributed by atoms with Crippen molar-refractivity contribution in [3.8, 4) is 0 Å². The van der Waals surface area contributed by atoms with Crippen LogP contribution in [0.2, 0.25) is 19.6 Å². The van der Waals surface area contributed by atoms with Gasteiger partial charge >= 0.3 is 0 Å². The summed E-state index contributed by atoms with van der Waals surface area (Å²) in [5.74, 6) is 0.901. The van der Waals surface area contributed by atoms with Gasteiger partial charge in [0, 0.05) is 0 Å². The molecule has 1 aliphatic carbocycles. The smallest absolute Gasteiger partial charge is 0.0853 e. The molecule has 0 aromatic carbocycles. The molecule has 0 spiro atoms. The van der Waals surface area contributed by atoms with E-state index in [1.165, 1.54) is 32.1 Å². The molecule has 0 radical (unpaired) electrons. The van der Waals surface area contributed by atoms with Gasteiger partial charge in [0.1, 0.15) is 0 Å². The maximum absolute atomic E-state index is 2.61. The highest BCUT2D eigenvalue weighted by Gasteiger charge is 2.21. The highest BCUT2D eigenvalue weighted by molar-refractivity contribution is 8.04. The Bertz CT molecular complexity index is 197. The van der Waals surface area contributed by atoms with Crippen molar-refractivity contribution >= 4 is 19.8 Å².